The molecule has 0 radical (unpaired) electrons. The van der Waals surface area contributed by atoms with Gasteiger partial charge in [0.05, 0.1) is 24.3 Å². The highest BCUT2D eigenvalue weighted by Gasteiger charge is 2.28. The van der Waals surface area contributed by atoms with Crippen LogP contribution in [-0.4, -0.2) is 18.1 Å². The van der Waals surface area contributed by atoms with Crippen molar-refractivity contribution in [2.45, 2.75) is 20.0 Å². The molecule has 0 aliphatic heterocycles. The fourth-order valence-corrected chi connectivity index (χ4v) is 3.50. The lowest BCUT2D eigenvalue weighted by atomic mass is 10.2. The Kier molecular flexibility index (Phi) is 5.94. The predicted octanol–water partition coefficient (Wildman–Crippen LogP) is 4.01. The van der Waals surface area contributed by atoms with Gasteiger partial charge in [-0.1, -0.05) is 11.6 Å². The van der Waals surface area contributed by atoms with Crippen LogP contribution in [0.2, 0.25) is 5.02 Å². The minimum absolute atomic E-state index is 0.149. The first-order valence-electron chi connectivity index (χ1n) is 5.72. The third-order valence-electron chi connectivity index (χ3n) is 2.25. The van der Waals surface area contributed by atoms with Crippen LogP contribution in [0.5, 0.6) is 0 Å². The maximum Gasteiger partial charge on any atom is 0.335 e. The second-order valence-electron chi connectivity index (χ2n) is 3.63. The molecule has 8 heteroatoms. The van der Waals surface area contributed by atoms with Gasteiger partial charge >= 0.3 is 7.60 Å². The van der Waals surface area contributed by atoms with Gasteiger partial charge < -0.3 is 9.05 Å². The summed E-state index contributed by atoms with van der Waals surface area (Å²) in [6.45, 7) is 3.76. The van der Waals surface area contributed by atoms with Crippen molar-refractivity contribution in [2.75, 3.05) is 13.2 Å². The highest BCUT2D eigenvalue weighted by Crippen LogP contribution is 2.52. The van der Waals surface area contributed by atoms with Gasteiger partial charge in [0.1, 0.15) is 0 Å². The van der Waals surface area contributed by atoms with Crippen LogP contribution >= 0.6 is 19.2 Å². The van der Waals surface area contributed by atoms with Gasteiger partial charge in [0.15, 0.2) is 0 Å². The van der Waals surface area contributed by atoms with E-state index in [0.29, 0.717) is 5.02 Å². The number of nitrogens with zero attached hydrogens (tertiary/aromatic N) is 1. The summed E-state index contributed by atoms with van der Waals surface area (Å²) in [5.74, 6) is 0. The van der Waals surface area contributed by atoms with E-state index >= 15 is 0 Å². The fraction of sp³-hybridized carbons (Fsp3) is 0.455. The number of rotatable bonds is 7. The van der Waals surface area contributed by atoms with Crippen molar-refractivity contribution in [3.05, 3.63) is 38.9 Å². The Bertz CT molecular complexity index is 498. The molecule has 19 heavy (non-hydrogen) atoms. The van der Waals surface area contributed by atoms with Crippen LogP contribution in [0.15, 0.2) is 18.2 Å². The Morgan fingerprint density at radius 3 is 2.37 bits per heavy atom. The van der Waals surface area contributed by atoms with Gasteiger partial charge in [-0.15, -0.1) is 0 Å². The van der Waals surface area contributed by atoms with E-state index in [2.05, 4.69) is 0 Å². The second-order valence-corrected chi connectivity index (χ2v) is 6.13. The standard InChI is InChI=1S/C11H15ClNO5P/c1-3-17-19(16,18-4-2)8-9-7-10(12)5-6-11(9)13(14)15/h5-7H,3-4,8H2,1-2H3. The lowest BCUT2D eigenvalue weighted by Crippen LogP contribution is -2.02. The molecular weight excluding hydrogens is 293 g/mol. The van der Waals surface area contributed by atoms with E-state index in [0.717, 1.165) is 0 Å². The molecule has 0 fully saturated rings. The van der Waals surface area contributed by atoms with Crippen molar-refractivity contribution in [2.24, 2.45) is 0 Å². The van der Waals surface area contributed by atoms with Crippen LogP contribution < -0.4 is 0 Å². The molecule has 0 atom stereocenters. The maximum absolute atomic E-state index is 12.4. The molecule has 0 bridgehead atoms. The third-order valence-corrected chi connectivity index (χ3v) is 4.52. The summed E-state index contributed by atoms with van der Waals surface area (Å²) in [6, 6.07) is 4.10. The maximum atomic E-state index is 12.4. The van der Waals surface area contributed by atoms with E-state index in [9.17, 15) is 14.7 Å². The van der Waals surface area contributed by atoms with Crippen LogP contribution in [0, 0.1) is 10.1 Å². The molecule has 1 aromatic carbocycles. The number of nitro groups is 1. The molecule has 1 aromatic rings. The van der Waals surface area contributed by atoms with Crippen LogP contribution in [0.25, 0.3) is 0 Å². The third kappa shape index (κ3) is 4.58. The van der Waals surface area contributed by atoms with Gasteiger partial charge in [0.2, 0.25) is 0 Å². The summed E-state index contributed by atoms with van der Waals surface area (Å²) in [5.41, 5.74) is 0.0896. The molecule has 106 valence electrons. The summed E-state index contributed by atoms with van der Waals surface area (Å²) >= 11 is 5.81. The molecule has 0 heterocycles. The molecule has 0 saturated heterocycles. The molecule has 0 unspecified atom stereocenters. The smallest absolute Gasteiger partial charge is 0.309 e. The van der Waals surface area contributed by atoms with E-state index in [1.54, 1.807) is 13.8 Å². The summed E-state index contributed by atoms with van der Waals surface area (Å²) in [4.78, 5) is 10.4. The zero-order valence-electron chi connectivity index (χ0n) is 10.7. The summed E-state index contributed by atoms with van der Waals surface area (Å²) in [7, 11) is -3.39. The first-order valence-corrected chi connectivity index (χ1v) is 7.83. The van der Waals surface area contributed by atoms with Crippen LogP contribution in [0.1, 0.15) is 19.4 Å². The number of nitro benzene ring substituents is 1. The molecule has 0 aliphatic rings. The van der Waals surface area contributed by atoms with Crippen molar-refractivity contribution >= 4 is 24.9 Å². The van der Waals surface area contributed by atoms with Crippen LogP contribution in [0.4, 0.5) is 5.69 Å². The predicted molar refractivity (Wildman–Crippen MR) is 72.7 cm³/mol. The Balaban J connectivity index is 3.11. The van der Waals surface area contributed by atoms with Crippen LogP contribution in [0.3, 0.4) is 0 Å². The minimum Gasteiger partial charge on any atom is -0.309 e. The highest BCUT2D eigenvalue weighted by atomic mass is 35.5. The normalized spacial score (nSPS) is 11.5. The Morgan fingerprint density at radius 1 is 1.32 bits per heavy atom. The molecule has 0 aliphatic carbocycles. The Morgan fingerprint density at radius 2 is 1.89 bits per heavy atom. The monoisotopic (exact) mass is 307 g/mol. The van der Waals surface area contributed by atoms with Gasteiger partial charge in [0, 0.05) is 16.7 Å². The zero-order valence-corrected chi connectivity index (χ0v) is 12.3. The quantitative estimate of drug-likeness (QED) is 0.432. The first kappa shape index (κ1) is 16.1. The molecule has 0 aromatic heterocycles. The fourth-order valence-electron chi connectivity index (χ4n) is 1.59. The number of halogens is 1. The van der Waals surface area contributed by atoms with E-state index in [-0.39, 0.29) is 30.6 Å². The van der Waals surface area contributed by atoms with Crippen molar-refractivity contribution in [1.82, 2.24) is 0 Å². The minimum atomic E-state index is -3.39. The van der Waals surface area contributed by atoms with Crippen molar-refractivity contribution < 1.29 is 18.5 Å². The molecule has 6 nitrogen and oxygen atoms in total. The van der Waals surface area contributed by atoms with E-state index < -0.39 is 12.5 Å². The summed E-state index contributed by atoms with van der Waals surface area (Å²) in [6.07, 6.45) is -0.175. The van der Waals surface area contributed by atoms with Gasteiger partial charge in [-0.05, 0) is 26.0 Å². The Hall–Kier alpha value is -0.940. The van der Waals surface area contributed by atoms with E-state index in [1.165, 1.54) is 18.2 Å². The average molecular weight is 308 g/mol. The number of hydrogen-bond donors (Lipinski definition) is 0. The number of hydrogen-bond acceptors (Lipinski definition) is 5. The summed E-state index contributed by atoms with van der Waals surface area (Å²) in [5, 5.41) is 11.3. The molecule has 0 N–H and O–H groups in total. The SMILES string of the molecule is CCOP(=O)(Cc1cc(Cl)ccc1[N+](=O)[O-])OCC. The Labute approximate surface area is 116 Å². The molecule has 1 rings (SSSR count). The van der Waals surface area contributed by atoms with E-state index in [1.807, 2.05) is 0 Å². The second kappa shape index (κ2) is 7.01. The molecule has 0 amide bonds. The first-order chi connectivity index (χ1) is 8.91. The van der Waals surface area contributed by atoms with Crippen molar-refractivity contribution in [3.63, 3.8) is 0 Å². The number of benzene rings is 1. The summed E-state index contributed by atoms with van der Waals surface area (Å²) < 4.78 is 22.6. The van der Waals surface area contributed by atoms with E-state index in [4.69, 9.17) is 20.6 Å². The van der Waals surface area contributed by atoms with Gasteiger partial charge in [-0.25, -0.2) is 0 Å². The van der Waals surface area contributed by atoms with Crippen LogP contribution in [-0.2, 0) is 19.8 Å². The largest absolute Gasteiger partial charge is 0.335 e. The van der Waals surface area contributed by atoms with Gasteiger partial charge in [-0.3, -0.25) is 14.7 Å². The lowest BCUT2D eigenvalue weighted by Gasteiger charge is -2.17. The van der Waals surface area contributed by atoms with Crippen molar-refractivity contribution in [3.8, 4) is 0 Å². The topological polar surface area (TPSA) is 78.7 Å². The molecular formula is C11H15ClNO5P. The highest BCUT2D eigenvalue weighted by molar-refractivity contribution is 7.53. The van der Waals surface area contributed by atoms with Crippen molar-refractivity contribution in [1.29, 1.82) is 0 Å². The molecule has 0 saturated carbocycles. The van der Waals surface area contributed by atoms with Gasteiger partial charge in [-0.2, -0.15) is 0 Å². The molecule has 0 spiro atoms. The average Bonchev–Trinajstić information content (AvgIpc) is 2.28. The zero-order chi connectivity index (χ0) is 14.5. The van der Waals surface area contributed by atoms with Gasteiger partial charge in [0.25, 0.3) is 5.69 Å². The lowest BCUT2D eigenvalue weighted by molar-refractivity contribution is -0.385.